The first-order valence-corrected chi connectivity index (χ1v) is 9.05. The molecule has 0 fully saturated rings. The molecule has 3 aromatic rings. The molecule has 0 aliphatic heterocycles. The fourth-order valence-electron chi connectivity index (χ4n) is 2.50. The maximum atomic E-state index is 12.3. The monoisotopic (exact) mass is 388 g/mol. The van der Waals surface area contributed by atoms with E-state index in [1.54, 1.807) is 18.2 Å². The summed E-state index contributed by atoms with van der Waals surface area (Å²) in [6.45, 7) is 5.19. The van der Waals surface area contributed by atoms with E-state index in [1.807, 2.05) is 26.0 Å². The Morgan fingerprint density at radius 2 is 1.88 bits per heavy atom. The summed E-state index contributed by atoms with van der Waals surface area (Å²) < 4.78 is 0.878. The third kappa shape index (κ3) is 3.95. The van der Waals surface area contributed by atoms with Crippen molar-refractivity contribution in [3.8, 4) is 0 Å². The summed E-state index contributed by atoms with van der Waals surface area (Å²) in [5.74, 6) is -0.170. The molecular weight excluding hydrogens is 372 g/mol. The van der Waals surface area contributed by atoms with Crippen molar-refractivity contribution in [3.63, 3.8) is 0 Å². The Morgan fingerprint density at radius 1 is 1.12 bits per heavy atom. The van der Waals surface area contributed by atoms with Crippen LogP contribution in [0, 0.1) is 13.8 Å². The number of amides is 3. The molecule has 0 saturated heterocycles. The summed E-state index contributed by atoms with van der Waals surface area (Å²) in [4.78, 5) is 27.9. The van der Waals surface area contributed by atoms with E-state index in [0.29, 0.717) is 21.5 Å². The van der Waals surface area contributed by atoms with Crippen LogP contribution < -0.4 is 16.0 Å². The van der Waals surface area contributed by atoms with E-state index >= 15 is 0 Å². The molecule has 1 aromatic heterocycles. The zero-order chi connectivity index (χ0) is 18.8. The Labute approximate surface area is 159 Å². The minimum atomic E-state index is -0.360. The number of aryl methyl sites for hydroxylation is 1. The van der Waals surface area contributed by atoms with Crippen LogP contribution in [0.1, 0.15) is 18.1 Å². The van der Waals surface area contributed by atoms with Crippen LogP contribution in [0.4, 0.5) is 21.3 Å². The summed E-state index contributed by atoms with van der Waals surface area (Å²) in [7, 11) is 0. The van der Waals surface area contributed by atoms with Gasteiger partial charge in [0.05, 0.1) is 10.2 Å². The number of hydrogen-bond acceptors (Lipinski definition) is 4. The van der Waals surface area contributed by atoms with E-state index in [4.69, 9.17) is 11.6 Å². The second-order valence-electron chi connectivity index (χ2n) is 5.83. The first-order chi connectivity index (χ1) is 12.3. The van der Waals surface area contributed by atoms with Crippen molar-refractivity contribution in [1.29, 1.82) is 0 Å². The van der Waals surface area contributed by atoms with Crippen molar-refractivity contribution >= 4 is 61.6 Å². The number of urea groups is 1. The van der Waals surface area contributed by atoms with Gasteiger partial charge in [0.25, 0.3) is 0 Å². The van der Waals surface area contributed by atoms with Gasteiger partial charge in [0.1, 0.15) is 0 Å². The maximum Gasteiger partial charge on any atom is 0.323 e. The highest BCUT2D eigenvalue weighted by molar-refractivity contribution is 7.22. The number of benzene rings is 2. The number of carbonyl (C=O) groups excluding carboxylic acids is 2. The molecule has 3 N–H and O–H groups in total. The van der Waals surface area contributed by atoms with Gasteiger partial charge in [-0.15, -0.1) is 0 Å². The second kappa shape index (κ2) is 7.31. The van der Waals surface area contributed by atoms with Crippen LogP contribution in [0.15, 0.2) is 30.3 Å². The zero-order valence-corrected chi connectivity index (χ0v) is 16.0. The number of nitrogens with one attached hydrogen (secondary N) is 3. The van der Waals surface area contributed by atoms with E-state index < -0.39 is 0 Å². The Kier molecular flexibility index (Phi) is 5.11. The van der Waals surface area contributed by atoms with Crippen LogP contribution >= 0.6 is 22.9 Å². The Hall–Kier alpha value is -2.64. The van der Waals surface area contributed by atoms with Crippen molar-refractivity contribution in [2.24, 2.45) is 0 Å². The number of hydrogen-bond donors (Lipinski definition) is 3. The lowest BCUT2D eigenvalue weighted by atomic mass is 10.2. The van der Waals surface area contributed by atoms with Gasteiger partial charge in [0, 0.05) is 23.3 Å². The van der Waals surface area contributed by atoms with E-state index in [9.17, 15) is 9.59 Å². The van der Waals surface area contributed by atoms with Crippen molar-refractivity contribution in [3.05, 3.63) is 46.5 Å². The molecule has 0 radical (unpaired) electrons. The maximum absolute atomic E-state index is 12.3. The molecule has 0 aliphatic rings. The number of aromatic nitrogens is 1. The summed E-state index contributed by atoms with van der Waals surface area (Å²) >= 11 is 7.43. The van der Waals surface area contributed by atoms with Crippen LogP contribution in [0.2, 0.25) is 5.02 Å². The van der Waals surface area contributed by atoms with E-state index in [1.165, 1.54) is 18.3 Å². The number of rotatable bonds is 3. The van der Waals surface area contributed by atoms with Crippen LogP contribution in [0.25, 0.3) is 10.2 Å². The summed E-state index contributed by atoms with van der Waals surface area (Å²) in [6.07, 6.45) is 0. The lowest BCUT2D eigenvalue weighted by Crippen LogP contribution is -2.20. The number of halogens is 1. The lowest BCUT2D eigenvalue weighted by Gasteiger charge is -2.11. The minimum absolute atomic E-state index is 0.170. The normalized spacial score (nSPS) is 10.6. The quantitative estimate of drug-likeness (QED) is 0.578. The largest absolute Gasteiger partial charge is 0.323 e. The molecule has 8 heteroatoms. The van der Waals surface area contributed by atoms with E-state index in [-0.39, 0.29) is 11.9 Å². The molecule has 26 heavy (non-hydrogen) atoms. The third-order valence-electron chi connectivity index (χ3n) is 3.74. The Balaban J connectivity index is 1.80. The van der Waals surface area contributed by atoms with E-state index in [2.05, 4.69) is 20.9 Å². The number of carbonyl (C=O) groups is 2. The molecule has 134 valence electrons. The van der Waals surface area contributed by atoms with Crippen molar-refractivity contribution in [2.45, 2.75) is 20.8 Å². The molecule has 2 aromatic carbocycles. The van der Waals surface area contributed by atoms with Crippen molar-refractivity contribution in [1.82, 2.24) is 4.98 Å². The molecule has 3 rings (SSSR count). The average Bonchev–Trinajstić information content (AvgIpc) is 2.94. The molecule has 0 atom stereocenters. The lowest BCUT2D eigenvalue weighted by molar-refractivity contribution is -0.114. The average molecular weight is 389 g/mol. The number of nitrogens with zero attached hydrogens (tertiary/aromatic N) is 1. The smallest absolute Gasteiger partial charge is 0.308 e. The molecule has 1 heterocycles. The first-order valence-electron chi connectivity index (χ1n) is 7.85. The summed E-state index contributed by atoms with van der Waals surface area (Å²) in [5.41, 5.74) is 3.81. The number of fused-ring (bicyclic) bond motifs is 1. The van der Waals surface area contributed by atoms with Gasteiger partial charge in [-0.25, -0.2) is 9.78 Å². The number of anilines is 3. The highest BCUT2D eigenvalue weighted by atomic mass is 35.5. The third-order valence-corrected chi connectivity index (χ3v) is 5.07. The predicted molar refractivity (Wildman–Crippen MR) is 107 cm³/mol. The molecule has 0 saturated carbocycles. The van der Waals surface area contributed by atoms with Gasteiger partial charge < -0.3 is 16.0 Å². The molecule has 0 spiro atoms. The fourth-order valence-corrected chi connectivity index (χ4v) is 3.70. The molecular formula is C18H17ClN4O2S. The summed E-state index contributed by atoms with van der Waals surface area (Å²) in [5, 5.41) is 9.42. The SMILES string of the molecule is CC(=O)Nc1nc2c(C)cc(NC(=O)Nc3cccc(Cl)c3C)cc2s1. The van der Waals surface area contributed by atoms with Gasteiger partial charge in [-0.05, 0) is 49.2 Å². The van der Waals surface area contributed by atoms with Crippen LogP contribution in [0.3, 0.4) is 0 Å². The fraction of sp³-hybridized carbons (Fsp3) is 0.167. The van der Waals surface area contributed by atoms with Gasteiger partial charge >= 0.3 is 6.03 Å². The van der Waals surface area contributed by atoms with Gasteiger partial charge in [-0.2, -0.15) is 0 Å². The number of thiazole rings is 1. The Morgan fingerprint density at radius 3 is 2.62 bits per heavy atom. The minimum Gasteiger partial charge on any atom is -0.308 e. The molecule has 0 bridgehead atoms. The van der Waals surface area contributed by atoms with Crippen molar-refractivity contribution < 1.29 is 9.59 Å². The molecule has 0 aliphatic carbocycles. The second-order valence-corrected chi connectivity index (χ2v) is 7.27. The van der Waals surface area contributed by atoms with Crippen LogP contribution in [-0.2, 0) is 4.79 Å². The predicted octanol–water partition coefficient (Wildman–Crippen LogP) is 5.17. The van der Waals surface area contributed by atoms with Crippen LogP contribution in [-0.4, -0.2) is 16.9 Å². The highest BCUT2D eigenvalue weighted by Gasteiger charge is 2.11. The topological polar surface area (TPSA) is 83.1 Å². The van der Waals surface area contributed by atoms with Crippen molar-refractivity contribution in [2.75, 3.05) is 16.0 Å². The molecule has 0 unspecified atom stereocenters. The summed E-state index contributed by atoms with van der Waals surface area (Å²) in [6, 6.07) is 8.65. The van der Waals surface area contributed by atoms with Gasteiger partial charge in [0.2, 0.25) is 5.91 Å². The first kappa shape index (κ1) is 18.2. The van der Waals surface area contributed by atoms with Gasteiger partial charge in [0.15, 0.2) is 5.13 Å². The molecule has 3 amide bonds. The van der Waals surface area contributed by atoms with Gasteiger partial charge in [-0.1, -0.05) is 29.0 Å². The Bertz CT molecular complexity index is 1020. The van der Waals surface area contributed by atoms with E-state index in [0.717, 1.165) is 21.3 Å². The standard InChI is InChI=1S/C18H17ClN4O2S/c1-9-7-12(8-15-16(9)23-18(26-15)20-11(3)24)21-17(25)22-14-6-4-5-13(19)10(14)2/h4-8H,1-3H3,(H,20,23,24)(H2,21,22,25). The molecule has 6 nitrogen and oxygen atoms in total. The highest BCUT2D eigenvalue weighted by Crippen LogP contribution is 2.31. The zero-order valence-electron chi connectivity index (χ0n) is 14.4. The van der Waals surface area contributed by atoms with Crippen LogP contribution in [0.5, 0.6) is 0 Å². The van der Waals surface area contributed by atoms with Gasteiger partial charge in [-0.3, -0.25) is 4.79 Å².